The molecule has 0 amide bonds. The van der Waals surface area contributed by atoms with Crippen LogP contribution in [0.1, 0.15) is 113 Å². The van der Waals surface area contributed by atoms with Crippen molar-refractivity contribution in [2.75, 3.05) is 26.9 Å². The van der Waals surface area contributed by atoms with E-state index in [0.717, 1.165) is 38.5 Å². The smallest absolute Gasteiger partial charge is 0.314 e. The van der Waals surface area contributed by atoms with Gasteiger partial charge in [-0.1, -0.05) is 53.2 Å². The molecule has 0 aromatic carbocycles. The Kier molecular flexibility index (Phi) is 16.1. The fraction of sp³-hybridized carbons (Fsp3) is 0.925. The summed E-state index contributed by atoms with van der Waals surface area (Å²) in [5.74, 6) is 0.308. The van der Waals surface area contributed by atoms with Crippen molar-refractivity contribution in [2.24, 2.45) is 45.3 Å². The quantitative estimate of drug-likeness (QED) is 0.0846. The Hall–Kier alpha value is -1.84. The van der Waals surface area contributed by atoms with Crippen LogP contribution in [0.3, 0.4) is 0 Å². The molecular formula is C53H84O21. The van der Waals surface area contributed by atoms with E-state index < -0.39 is 152 Å². The number of Topliss-reactive ketones (excluding diaryl/α,β-unsaturated/α-hetero) is 1. The molecule has 5 heterocycles. The number of aliphatic hydroxyl groups excluding tert-OH is 9. The first-order chi connectivity index (χ1) is 34.8. The molecule has 422 valence electrons. The maximum Gasteiger partial charge on any atom is 0.314 e. The van der Waals surface area contributed by atoms with Crippen LogP contribution < -0.4 is 0 Å². The van der Waals surface area contributed by atoms with Gasteiger partial charge in [0.1, 0.15) is 79.4 Å². The second kappa shape index (κ2) is 21.0. The number of methoxy groups -OCH3 is 1. The van der Waals surface area contributed by atoms with E-state index in [2.05, 4.69) is 47.6 Å². The lowest BCUT2D eigenvalue weighted by molar-refractivity contribution is -0.382. The van der Waals surface area contributed by atoms with E-state index in [0.29, 0.717) is 25.2 Å². The van der Waals surface area contributed by atoms with Crippen LogP contribution in [0.5, 0.6) is 0 Å². The number of carbonyl (C=O) groups is 2. The highest BCUT2D eigenvalue weighted by Gasteiger charge is 2.77. The van der Waals surface area contributed by atoms with Crippen molar-refractivity contribution in [1.29, 1.82) is 0 Å². The molecule has 9 N–H and O–H groups in total. The van der Waals surface area contributed by atoms with Gasteiger partial charge in [-0.15, -0.1) is 0 Å². The Morgan fingerprint density at radius 3 is 2.04 bits per heavy atom. The molecule has 9 rings (SSSR count). The largest absolute Gasteiger partial charge is 0.451 e. The van der Waals surface area contributed by atoms with E-state index in [1.807, 2.05) is 6.92 Å². The number of cyclic esters (lactones) is 1. The van der Waals surface area contributed by atoms with Gasteiger partial charge in [-0.2, -0.15) is 0 Å². The summed E-state index contributed by atoms with van der Waals surface area (Å²) in [7, 11) is 1.23. The minimum atomic E-state index is -1.83. The number of allylic oxidation sites excluding steroid dienone is 2. The highest BCUT2D eigenvalue weighted by atomic mass is 16.8. The normalized spacial score (nSPS) is 52.1. The van der Waals surface area contributed by atoms with Crippen LogP contribution in [0.2, 0.25) is 0 Å². The van der Waals surface area contributed by atoms with Gasteiger partial charge in [-0.05, 0) is 93.8 Å². The van der Waals surface area contributed by atoms with Crippen molar-refractivity contribution in [2.45, 2.75) is 235 Å². The number of hydrogen-bond acceptors (Lipinski definition) is 21. The summed E-state index contributed by atoms with van der Waals surface area (Å²) < 4.78 is 59.5. The van der Waals surface area contributed by atoms with Gasteiger partial charge >= 0.3 is 5.97 Å². The molecule has 26 atom stereocenters. The van der Waals surface area contributed by atoms with Gasteiger partial charge in [-0.3, -0.25) is 9.59 Å². The fourth-order valence-corrected chi connectivity index (χ4v) is 15.6. The molecule has 21 nitrogen and oxygen atoms in total. The molecule has 0 unspecified atom stereocenters. The molecule has 9 aliphatic rings. The molecule has 5 aliphatic heterocycles. The lowest BCUT2D eigenvalue weighted by Gasteiger charge is -2.64. The van der Waals surface area contributed by atoms with Crippen molar-refractivity contribution in [3.8, 4) is 0 Å². The van der Waals surface area contributed by atoms with E-state index in [1.165, 1.54) is 19.6 Å². The molecule has 3 saturated carbocycles. The van der Waals surface area contributed by atoms with Crippen molar-refractivity contribution < 1.29 is 103 Å². The third-order valence-corrected chi connectivity index (χ3v) is 19.9. The van der Waals surface area contributed by atoms with Gasteiger partial charge < -0.3 is 93.3 Å². The van der Waals surface area contributed by atoms with Crippen molar-refractivity contribution >= 4 is 11.8 Å². The van der Waals surface area contributed by atoms with E-state index in [1.54, 1.807) is 0 Å². The van der Waals surface area contributed by atoms with Crippen molar-refractivity contribution in [3.63, 3.8) is 0 Å². The van der Waals surface area contributed by atoms with Crippen LogP contribution in [0.4, 0.5) is 0 Å². The van der Waals surface area contributed by atoms with E-state index in [-0.39, 0.29) is 41.5 Å². The summed E-state index contributed by atoms with van der Waals surface area (Å²) in [4.78, 5) is 28.2. The van der Waals surface area contributed by atoms with Crippen LogP contribution in [-0.4, -0.2) is 207 Å². The highest BCUT2D eigenvalue weighted by molar-refractivity contribution is 5.95. The van der Waals surface area contributed by atoms with Gasteiger partial charge in [0.25, 0.3) is 0 Å². The third kappa shape index (κ3) is 9.09. The first-order valence-corrected chi connectivity index (χ1v) is 27.0. The second-order valence-electron chi connectivity index (χ2n) is 24.7. The number of hydrogen-bond donors (Lipinski definition) is 9. The van der Waals surface area contributed by atoms with Crippen LogP contribution in [0.15, 0.2) is 11.6 Å². The summed E-state index contributed by atoms with van der Waals surface area (Å²) in [5.41, 5.74) is -1.65. The lowest BCUT2D eigenvalue weighted by Crippen LogP contribution is -2.65. The first kappa shape index (κ1) is 56.9. The van der Waals surface area contributed by atoms with Gasteiger partial charge in [0.15, 0.2) is 36.5 Å². The average molecular weight is 1060 g/mol. The fourth-order valence-electron chi connectivity index (χ4n) is 15.6. The van der Waals surface area contributed by atoms with Crippen LogP contribution >= 0.6 is 0 Å². The number of fused-ring (bicyclic) bond motifs is 4. The Morgan fingerprint density at radius 1 is 0.703 bits per heavy atom. The van der Waals surface area contributed by atoms with Gasteiger partial charge in [-0.25, -0.2) is 0 Å². The predicted octanol–water partition coefficient (Wildman–Crippen LogP) is 0.510. The van der Waals surface area contributed by atoms with Gasteiger partial charge in [0.05, 0.1) is 37.4 Å². The molecule has 8 fully saturated rings. The molecule has 0 bridgehead atoms. The maximum atomic E-state index is 14.3. The Bertz CT molecular complexity index is 2060. The predicted molar refractivity (Wildman–Crippen MR) is 255 cm³/mol. The second-order valence-corrected chi connectivity index (χ2v) is 24.7. The Balaban J connectivity index is 0.858. The van der Waals surface area contributed by atoms with Crippen LogP contribution in [0, 0.1) is 45.3 Å². The number of aliphatic hydroxyl groups is 9. The monoisotopic (exact) mass is 1060 g/mol. The number of ketones is 1. The Morgan fingerprint density at radius 2 is 1.35 bits per heavy atom. The standard InChI is InChI=1S/C53H84O21/c1-23(2)10-13-32(57)52(8)31-15-18-51(7)26-11-12-30-49(4,5)33(16-17-50(30,6)25(26)14-19-53(31,51)48(64)74-52)70-47-43(34(58)27(55)21-67-47)73-45-37(61)36(60)40(24(3)68-45)71-44-38(62)41(28(56)22-66-44)72-46-39(63)42(65-9)35(59)29(20-54)69-46/h11,23-25,27-31,33-47,54-56,58-63H,10,12-22H2,1-9H3/t24-,25-,27-,28-,29-,30+,31-,33+,34+,35-,36-,37-,38-,39-,40-,41+,42+,43-,44+,45+,46+,47+,50-,51+,52-,53-/m1/s1. The minimum absolute atomic E-state index is 0.0259. The summed E-state index contributed by atoms with van der Waals surface area (Å²) in [6, 6.07) is 0. The molecule has 5 saturated heterocycles. The zero-order chi connectivity index (χ0) is 53.8. The highest BCUT2D eigenvalue weighted by Crippen LogP contribution is 2.76. The number of ether oxygens (including phenoxy) is 10. The van der Waals surface area contributed by atoms with Crippen LogP contribution in [0.25, 0.3) is 0 Å². The number of rotatable bonds is 14. The molecule has 0 radical (unpaired) electrons. The molecular weight excluding hydrogens is 973 g/mol. The first-order valence-electron chi connectivity index (χ1n) is 27.0. The summed E-state index contributed by atoms with van der Waals surface area (Å²) >= 11 is 0. The topological polar surface area (TPSA) is 309 Å². The van der Waals surface area contributed by atoms with Crippen LogP contribution in [-0.2, 0) is 57.0 Å². The molecule has 0 aromatic heterocycles. The lowest BCUT2D eigenvalue weighted by atomic mass is 9.40. The summed E-state index contributed by atoms with van der Waals surface area (Å²) in [5, 5.41) is 98.5. The third-order valence-electron chi connectivity index (χ3n) is 19.9. The van der Waals surface area contributed by atoms with E-state index in [4.69, 9.17) is 47.4 Å². The summed E-state index contributed by atoms with van der Waals surface area (Å²) in [6.45, 7) is 15.2. The Labute approximate surface area is 433 Å². The molecule has 74 heavy (non-hydrogen) atoms. The van der Waals surface area contributed by atoms with Crippen molar-refractivity contribution in [1.82, 2.24) is 0 Å². The molecule has 1 spiro atoms. The van der Waals surface area contributed by atoms with Crippen molar-refractivity contribution in [3.05, 3.63) is 11.6 Å². The molecule has 21 heteroatoms. The zero-order valence-corrected chi connectivity index (χ0v) is 44.3. The number of esters is 1. The SMILES string of the molecule is CO[C@@H]1[C@@H](O)[C@H](O[C@@H]2[C@@H](O)[C@H](O[C@H]3[C@H](O)[C@@H](O)[C@H](O[C@H]4[C@H](O[C@H]5CC[C@]6(C)[C@@H]7CC[C@]89C(=O)O[C@@](C)(C(=O)CCC(C)C)[C@H]8CC[C@@]9(C)C7=CC[C@H]6C5(C)C)OC[C@@H](O)[C@@H]4O)O[C@@H]3C)OC[C@H]2O)O[C@H](CO)[C@H]1O. The van der Waals surface area contributed by atoms with E-state index >= 15 is 0 Å². The maximum absolute atomic E-state index is 14.3. The zero-order valence-electron chi connectivity index (χ0n) is 44.3. The summed E-state index contributed by atoms with van der Waals surface area (Å²) in [6.07, 6.45) is -18.4. The van der Waals surface area contributed by atoms with Gasteiger partial charge in [0.2, 0.25) is 0 Å². The van der Waals surface area contributed by atoms with E-state index in [9.17, 15) is 55.5 Å². The number of carbonyl (C=O) groups excluding carboxylic acids is 2. The minimum Gasteiger partial charge on any atom is -0.451 e. The average Bonchev–Trinajstić information content (AvgIpc) is 3.80. The molecule has 0 aromatic rings. The van der Waals surface area contributed by atoms with Gasteiger partial charge in [0, 0.05) is 24.9 Å². The molecule has 4 aliphatic carbocycles.